The van der Waals surface area contributed by atoms with E-state index in [0.717, 1.165) is 33.3 Å². The zero-order valence-electron chi connectivity index (χ0n) is 20.7. The van der Waals surface area contributed by atoms with Crippen molar-refractivity contribution in [2.45, 2.75) is 12.5 Å². The van der Waals surface area contributed by atoms with Crippen molar-refractivity contribution in [3.8, 4) is 11.1 Å². The van der Waals surface area contributed by atoms with Gasteiger partial charge in [-0.1, -0.05) is 72.3 Å². The number of hydrogen-bond acceptors (Lipinski definition) is 3. The van der Waals surface area contributed by atoms with Gasteiger partial charge in [0.25, 0.3) is 0 Å². The summed E-state index contributed by atoms with van der Waals surface area (Å²) in [7, 11) is 1.82. The highest BCUT2D eigenvalue weighted by Gasteiger charge is 2.29. The minimum absolute atomic E-state index is 0.0124. The topological polar surface area (TPSA) is 65.6 Å². The first-order chi connectivity index (χ1) is 18.5. The highest BCUT2D eigenvalue weighted by molar-refractivity contribution is 6.30. The summed E-state index contributed by atoms with van der Waals surface area (Å²) >= 11 is 5.99. The maximum absolute atomic E-state index is 13.1. The molecule has 7 heteroatoms. The third-order valence-corrected chi connectivity index (χ3v) is 7.32. The molecule has 6 rings (SSSR count). The van der Waals surface area contributed by atoms with Crippen LogP contribution in [0.1, 0.15) is 27.4 Å². The number of imidazole rings is 1. The first-order valence-corrected chi connectivity index (χ1v) is 12.7. The van der Waals surface area contributed by atoms with E-state index in [0.29, 0.717) is 16.2 Å². The number of benzene rings is 4. The molecule has 1 aliphatic carbocycles. The number of halogens is 1. The van der Waals surface area contributed by atoms with Gasteiger partial charge in [0, 0.05) is 23.6 Å². The highest BCUT2D eigenvalue weighted by Crippen LogP contribution is 2.44. The van der Waals surface area contributed by atoms with Crippen LogP contribution < -0.4 is 5.62 Å². The van der Waals surface area contributed by atoms with Crippen LogP contribution in [0.2, 0.25) is 5.02 Å². The van der Waals surface area contributed by atoms with Gasteiger partial charge in [-0.05, 0) is 58.7 Å². The molecule has 0 spiro atoms. The van der Waals surface area contributed by atoms with Gasteiger partial charge in [0.05, 0.1) is 17.6 Å². The van der Waals surface area contributed by atoms with Gasteiger partial charge in [0.15, 0.2) is 5.78 Å². The maximum atomic E-state index is 13.1. The Labute approximate surface area is 224 Å². The van der Waals surface area contributed by atoms with E-state index in [1.807, 2.05) is 55.6 Å². The number of carbonyl (C=O) groups excluding carboxylic acids is 2. The number of amides is 1. The van der Waals surface area contributed by atoms with Gasteiger partial charge in [-0.25, -0.2) is 4.79 Å². The average Bonchev–Trinajstić information content (AvgIpc) is 3.40. The SMILES string of the molecule is Cn1/c(=N/C(=O)OCC2c3ccccc3-c3ccccc32)n(CC(=O)c2ccc(Cl)cc2)c2ccccc21. The molecule has 0 aliphatic heterocycles. The monoisotopic (exact) mass is 521 g/mol. The Balaban J connectivity index is 1.31. The molecule has 188 valence electrons. The number of aromatic nitrogens is 2. The Kier molecular flexibility index (Phi) is 6.18. The number of nitrogens with zero attached hydrogens (tertiary/aromatic N) is 3. The number of rotatable bonds is 5. The lowest BCUT2D eigenvalue weighted by Gasteiger charge is -2.13. The van der Waals surface area contributed by atoms with Gasteiger partial charge in [-0.15, -0.1) is 4.99 Å². The molecule has 1 aromatic heterocycles. The smallest absolute Gasteiger partial charge is 0.436 e. The lowest BCUT2D eigenvalue weighted by atomic mass is 9.98. The van der Waals surface area contributed by atoms with Gasteiger partial charge in [0.2, 0.25) is 5.62 Å². The molecule has 4 aromatic carbocycles. The highest BCUT2D eigenvalue weighted by atomic mass is 35.5. The van der Waals surface area contributed by atoms with Crippen LogP contribution in [0.4, 0.5) is 4.79 Å². The summed E-state index contributed by atoms with van der Waals surface area (Å²) in [5.74, 6) is -0.181. The summed E-state index contributed by atoms with van der Waals surface area (Å²) < 4.78 is 9.26. The van der Waals surface area contributed by atoms with Gasteiger partial charge in [0.1, 0.15) is 6.61 Å². The molecule has 0 N–H and O–H groups in total. The quantitative estimate of drug-likeness (QED) is 0.252. The number of aryl methyl sites for hydroxylation is 1. The Morgan fingerprint density at radius 3 is 2.05 bits per heavy atom. The maximum Gasteiger partial charge on any atom is 0.436 e. The van der Waals surface area contributed by atoms with Crippen LogP contribution in [-0.4, -0.2) is 27.6 Å². The average molecular weight is 522 g/mol. The Hall–Kier alpha value is -4.42. The van der Waals surface area contributed by atoms with Crippen molar-refractivity contribution in [3.63, 3.8) is 0 Å². The molecule has 0 bridgehead atoms. The minimum Gasteiger partial charge on any atom is -0.447 e. The molecule has 0 saturated heterocycles. The van der Waals surface area contributed by atoms with Gasteiger partial charge in [-0.3, -0.25) is 4.79 Å². The summed E-state index contributed by atoms with van der Waals surface area (Å²) in [4.78, 5) is 30.5. The first-order valence-electron chi connectivity index (χ1n) is 12.3. The van der Waals surface area contributed by atoms with Crippen molar-refractivity contribution in [3.05, 3.63) is 124 Å². The van der Waals surface area contributed by atoms with Crippen LogP contribution in [0.15, 0.2) is 102 Å². The molecule has 1 amide bonds. The van der Waals surface area contributed by atoms with Crippen molar-refractivity contribution in [1.82, 2.24) is 9.13 Å². The number of para-hydroxylation sites is 2. The van der Waals surface area contributed by atoms with Gasteiger partial charge < -0.3 is 13.9 Å². The van der Waals surface area contributed by atoms with Crippen LogP contribution in [-0.2, 0) is 18.3 Å². The van der Waals surface area contributed by atoms with Crippen LogP contribution in [0.3, 0.4) is 0 Å². The second kappa shape index (κ2) is 9.80. The lowest BCUT2D eigenvalue weighted by molar-refractivity contribution is 0.0971. The fourth-order valence-electron chi connectivity index (χ4n) is 5.24. The standard InChI is InChI=1S/C31H24ClN3O3/c1-34-27-12-6-7-13-28(27)35(18-29(36)20-14-16-21(32)17-15-20)30(34)33-31(37)38-19-26-24-10-4-2-8-22(24)23-9-3-5-11-25(23)26/h2-17,26H,18-19H2,1H3/b33-30-. The Bertz CT molecular complexity index is 1720. The molecule has 6 nitrogen and oxygen atoms in total. The van der Waals surface area contributed by atoms with Crippen molar-refractivity contribution < 1.29 is 14.3 Å². The second-order valence-electron chi connectivity index (χ2n) is 9.28. The van der Waals surface area contributed by atoms with Crippen molar-refractivity contribution in [1.29, 1.82) is 0 Å². The van der Waals surface area contributed by atoms with Crippen molar-refractivity contribution in [2.24, 2.45) is 12.0 Å². The predicted molar refractivity (Wildman–Crippen MR) is 147 cm³/mol. The summed E-state index contributed by atoms with van der Waals surface area (Å²) in [5, 5.41) is 0.560. The summed E-state index contributed by atoms with van der Waals surface area (Å²) in [6, 6.07) is 30.8. The number of hydrogen-bond donors (Lipinski definition) is 0. The number of Topliss-reactive ketones (excluding diaryl/α,β-unsaturated/α-hetero) is 1. The largest absolute Gasteiger partial charge is 0.447 e. The molecule has 1 heterocycles. The van der Waals surface area contributed by atoms with E-state index in [1.165, 1.54) is 0 Å². The van der Waals surface area contributed by atoms with E-state index >= 15 is 0 Å². The zero-order valence-corrected chi connectivity index (χ0v) is 21.4. The molecular weight excluding hydrogens is 498 g/mol. The summed E-state index contributed by atoms with van der Waals surface area (Å²) in [5.41, 5.74) is 7.10. The summed E-state index contributed by atoms with van der Waals surface area (Å²) in [6.07, 6.45) is -0.703. The third kappa shape index (κ3) is 4.23. The minimum atomic E-state index is -0.703. The molecule has 0 unspecified atom stereocenters. The second-order valence-corrected chi connectivity index (χ2v) is 9.72. The zero-order chi connectivity index (χ0) is 26.2. The van der Waals surface area contributed by atoms with E-state index in [-0.39, 0.29) is 24.9 Å². The molecule has 38 heavy (non-hydrogen) atoms. The molecule has 0 fully saturated rings. The number of ketones is 1. The molecule has 0 atom stereocenters. The van der Waals surface area contributed by atoms with Crippen LogP contribution in [0.25, 0.3) is 22.2 Å². The van der Waals surface area contributed by atoms with Crippen LogP contribution in [0, 0.1) is 0 Å². The molecular formula is C31H24ClN3O3. The fourth-order valence-corrected chi connectivity index (χ4v) is 5.37. The van der Waals surface area contributed by atoms with E-state index in [2.05, 4.69) is 29.3 Å². The lowest BCUT2D eigenvalue weighted by Crippen LogP contribution is -2.29. The molecule has 1 aliphatic rings. The predicted octanol–water partition coefficient (Wildman–Crippen LogP) is 6.37. The van der Waals surface area contributed by atoms with E-state index < -0.39 is 6.09 Å². The number of fused-ring (bicyclic) bond motifs is 4. The van der Waals surface area contributed by atoms with Crippen LogP contribution in [0.5, 0.6) is 0 Å². The van der Waals surface area contributed by atoms with Crippen molar-refractivity contribution in [2.75, 3.05) is 6.61 Å². The Morgan fingerprint density at radius 1 is 0.816 bits per heavy atom. The molecule has 5 aromatic rings. The van der Waals surface area contributed by atoms with E-state index in [1.54, 1.807) is 33.4 Å². The van der Waals surface area contributed by atoms with E-state index in [4.69, 9.17) is 16.3 Å². The number of carbonyl (C=O) groups is 2. The van der Waals surface area contributed by atoms with Gasteiger partial charge >= 0.3 is 6.09 Å². The fraction of sp³-hybridized carbons (Fsp3) is 0.129. The third-order valence-electron chi connectivity index (χ3n) is 7.07. The van der Waals surface area contributed by atoms with E-state index in [9.17, 15) is 9.59 Å². The molecule has 0 saturated carbocycles. The van der Waals surface area contributed by atoms with Gasteiger partial charge in [-0.2, -0.15) is 0 Å². The first kappa shape index (κ1) is 23.9. The number of ether oxygens (including phenoxy) is 1. The summed E-state index contributed by atoms with van der Waals surface area (Å²) in [6.45, 7) is 0.183. The Morgan fingerprint density at radius 2 is 1.39 bits per heavy atom. The molecule has 0 radical (unpaired) electrons. The normalized spacial score (nSPS) is 12.9. The van der Waals surface area contributed by atoms with Crippen LogP contribution >= 0.6 is 11.6 Å². The van der Waals surface area contributed by atoms with Crippen molar-refractivity contribution >= 4 is 34.5 Å².